The third-order valence-corrected chi connectivity index (χ3v) is 5.82. The first-order chi connectivity index (χ1) is 15.3. The topological polar surface area (TPSA) is 84.9 Å². The predicted molar refractivity (Wildman–Crippen MR) is 125 cm³/mol. The molecule has 8 heteroatoms. The minimum atomic E-state index is -0.381. The highest BCUT2D eigenvalue weighted by molar-refractivity contribution is 8.18. The second-order valence-corrected chi connectivity index (χ2v) is 8.24. The van der Waals surface area contributed by atoms with Crippen LogP contribution in [0.15, 0.2) is 41.3 Å². The molecule has 0 radical (unpaired) electrons. The first-order valence-electron chi connectivity index (χ1n) is 10.3. The smallest absolute Gasteiger partial charge is 0.293 e. The van der Waals surface area contributed by atoms with Crippen LogP contribution in [0.4, 0.5) is 4.79 Å². The second kappa shape index (κ2) is 10.4. The molecule has 0 atom stereocenters. The number of nitrogens with one attached hydrogen (secondary N) is 1. The van der Waals surface area contributed by atoms with Crippen molar-refractivity contribution in [3.63, 3.8) is 0 Å². The van der Waals surface area contributed by atoms with Crippen LogP contribution in [0.2, 0.25) is 0 Å². The van der Waals surface area contributed by atoms with E-state index < -0.39 is 0 Å². The van der Waals surface area contributed by atoms with Gasteiger partial charge in [-0.1, -0.05) is 23.8 Å². The first-order valence-corrected chi connectivity index (χ1v) is 11.1. The van der Waals surface area contributed by atoms with Crippen LogP contribution in [-0.4, -0.2) is 48.8 Å². The van der Waals surface area contributed by atoms with E-state index >= 15 is 0 Å². The summed E-state index contributed by atoms with van der Waals surface area (Å²) in [6.07, 6.45) is 1.65. The molecule has 0 aromatic heterocycles. The van der Waals surface area contributed by atoms with Crippen molar-refractivity contribution in [1.29, 1.82) is 0 Å². The van der Waals surface area contributed by atoms with Crippen molar-refractivity contribution in [3.05, 3.63) is 63.6 Å². The Hall–Kier alpha value is -3.26. The molecule has 168 valence electrons. The lowest BCUT2D eigenvalue weighted by Crippen LogP contribution is -2.37. The van der Waals surface area contributed by atoms with E-state index in [1.807, 2.05) is 39.0 Å². The summed E-state index contributed by atoms with van der Waals surface area (Å²) in [5.41, 5.74) is 3.17. The summed E-state index contributed by atoms with van der Waals surface area (Å²) in [6.45, 7) is 6.45. The lowest BCUT2D eigenvalue weighted by molar-refractivity contribution is -0.122. The van der Waals surface area contributed by atoms with Gasteiger partial charge in [-0.3, -0.25) is 19.3 Å². The minimum absolute atomic E-state index is 0.102. The van der Waals surface area contributed by atoms with Crippen LogP contribution in [0, 0.1) is 13.8 Å². The van der Waals surface area contributed by atoms with Gasteiger partial charge >= 0.3 is 0 Å². The Balaban J connectivity index is 1.64. The molecule has 0 saturated carbocycles. The minimum Gasteiger partial charge on any atom is -0.493 e. The Morgan fingerprint density at radius 2 is 1.91 bits per heavy atom. The van der Waals surface area contributed by atoms with Gasteiger partial charge in [0.25, 0.3) is 17.1 Å². The molecule has 3 amide bonds. The number of imide groups is 1. The highest BCUT2D eigenvalue weighted by atomic mass is 32.2. The number of hydrogen-bond acceptors (Lipinski definition) is 6. The molecule has 1 aliphatic heterocycles. The molecule has 0 bridgehead atoms. The van der Waals surface area contributed by atoms with Crippen LogP contribution in [0.3, 0.4) is 0 Å². The number of aryl methyl sites for hydroxylation is 2. The van der Waals surface area contributed by atoms with Gasteiger partial charge in [-0.2, -0.15) is 0 Å². The van der Waals surface area contributed by atoms with E-state index in [2.05, 4.69) is 5.32 Å². The van der Waals surface area contributed by atoms with Gasteiger partial charge < -0.3 is 14.8 Å². The van der Waals surface area contributed by atoms with Gasteiger partial charge in [0.05, 0.1) is 18.6 Å². The Morgan fingerprint density at radius 1 is 1.12 bits per heavy atom. The number of methoxy groups -OCH3 is 1. The SMILES string of the molecule is CCOc1ccc(/C=C2\SC(=O)N(CCNC(=O)c3cc(C)ccc3C)C2=O)cc1OC. The zero-order chi connectivity index (χ0) is 23.3. The van der Waals surface area contributed by atoms with Crippen molar-refractivity contribution < 1.29 is 23.9 Å². The molecule has 1 fully saturated rings. The zero-order valence-electron chi connectivity index (χ0n) is 18.6. The third-order valence-electron chi connectivity index (χ3n) is 4.92. The van der Waals surface area contributed by atoms with E-state index in [0.717, 1.165) is 33.4 Å². The monoisotopic (exact) mass is 454 g/mol. The van der Waals surface area contributed by atoms with Crippen molar-refractivity contribution >= 4 is 34.9 Å². The lowest BCUT2D eigenvalue weighted by Gasteiger charge is -2.14. The van der Waals surface area contributed by atoms with Gasteiger partial charge in [0.2, 0.25) is 0 Å². The maximum absolute atomic E-state index is 12.7. The molecule has 32 heavy (non-hydrogen) atoms. The van der Waals surface area contributed by atoms with Crippen LogP contribution < -0.4 is 14.8 Å². The zero-order valence-corrected chi connectivity index (χ0v) is 19.4. The Kier molecular flexibility index (Phi) is 7.58. The molecule has 2 aromatic rings. The Bertz CT molecular complexity index is 1080. The number of thioether (sulfide) groups is 1. The predicted octanol–water partition coefficient (Wildman–Crippen LogP) is 4.18. The molecule has 0 unspecified atom stereocenters. The number of rotatable bonds is 8. The molecule has 1 saturated heterocycles. The molecule has 1 heterocycles. The van der Waals surface area contributed by atoms with Crippen LogP contribution in [0.25, 0.3) is 6.08 Å². The van der Waals surface area contributed by atoms with Gasteiger partial charge in [0.15, 0.2) is 11.5 Å². The highest BCUT2D eigenvalue weighted by Crippen LogP contribution is 2.34. The summed E-state index contributed by atoms with van der Waals surface area (Å²) in [5, 5.41) is 2.43. The van der Waals surface area contributed by atoms with Crippen molar-refractivity contribution in [2.24, 2.45) is 0 Å². The molecule has 0 spiro atoms. The first kappa shape index (κ1) is 23.4. The van der Waals surface area contributed by atoms with E-state index in [1.165, 1.54) is 0 Å². The van der Waals surface area contributed by atoms with Gasteiger partial charge in [0, 0.05) is 18.7 Å². The fourth-order valence-electron chi connectivity index (χ4n) is 3.25. The average Bonchev–Trinajstić information content (AvgIpc) is 3.03. The molecular weight excluding hydrogens is 428 g/mol. The van der Waals surface area contributed by atoms with Crippen molar-refractivity contribution in [1.82, 2.24) is 10.2 Å². The lowest BCUT2D eigenvalue weighted by atomic mass is 10.1. The largest absolute Gasteiger partial charge is 0.493 e. The molecule has 1 aliphatic rings. The van der Waals surface area contributed by atoms with Gasteiger partial charge in [-0.25, -0.2) is 0 Å². The van der Waals surface area contributed by atoms with Crippen molar-refractivity contribution in [3.8, 4) is 11.5 Å². The number of hydrogen-bond donors (Lipinski definition) is 1. The van der Waals surface area contributed by atoms with Crippen molar-refractivity contribution in [2.45, 2.75) is 20.8 Å². The Morgan fingerprint density at radius 3 is 2.62 bits per heavy atom. The van der Waals surface area contributed by atoms with Crippen molar-refractivity contribution in [2.75, 3.05) is 26.8 Å². The molecule has 1 N–H and O–H groups in total. The van der Waals surface area contributed by atoms with Gasteiger partial charge in [-0.05, 0) is 67.9 Å². The number of ether oxygens (including phenoxy) is 2. The summed E-state index contributed by atoms with van der Waals surface area (Å²) in [5.74, 6) is 0.554. The van der Waals surface area contributed by atoms with E-state index in [9.17, 15) is 14.4 Å². The summed E-state index contributed by atoms with van der Waals surface area (Å²) < 4.78 is 10.8. The van der Waals surface area contributed by atoms with Crippen LogP contribution in [0.5, 0.6) is 11.5 Å². The quantitative estimate of drug-likeness (QED) is 0.603. The summed E-state index contributed by atoms with van der Waals surface area (Å²) in [7, 11) is 1.54. The number of nitrogens with zero attached hydrogens (tertiary/aromatic N) is 1. The van der Waals surface area contributed by atoms with Gasteiger partial charge in [-0.15, -0.1) is 0 Å². The third kappa shape index (κ3) is 5.31. The standard InChI is InChI=1S/C24H26N2O5S/c1-5-31-19-9-8-17(13-20(19)30-4)14-21-23(28)26(24(29)32-21)11-10-25-22(27)18-12-15(2)6-7-16(18)3/h6-9,12-14H,5,10-11H2,1-4H3,(H,25,27)/b21-14-. The summed E-state index contributed by atoms with van der Waals surface area (Å²) in [4.78, 5) is 39.0. The van der Waals surface area contributed by atoms with Crippen LogP contribution in [0.1, 0.15) is 34.0 Å². The molecule has 7 nitrogen and oxygen atoms in total. The second-order valence-electron chi connectivity index (χ2n) is 7.25. The average molecular weight is 455 g/mol. The molecule has 3 rings (SSSR count). The van der Waals surface area contributed by atoms with E-state index in [-0.39, 0.29) is 30.1 Å². The normalized spacial score (nSPS) is 14.8. The molecule has 0 aliphatic carbocycles. The fourth-order valence-corrected chi connectivity index (χ4v) is 4.11. The van der Waals surface area contributed by atoms with Crippen LogP contribution >= 0.6 is 11.8 Å². The Labute approximate surface area is 191 Å². The maximum Gasteiger partial charge on any atom is 0.293 e. The van der Waals surface area contributed by atoms with E-state index in [0.29, 0.717) is 28.6 Å². The van der Waals surface area contributed by atoms with E-state index in [1.54, 1.807) is 31.4 Å². The van der Waals surface area contributed by atoms with E-state index in [4.69, 9.17) is 9.47 Å². The molecular formula is C24H26N2O5S. The number of amides is 3. The summed E-state index contributed by atoms with van der Waals surface area (Å²) >= 11 is 0.878. The number of carbonyl (C=O) groups is 3. The summed E-state index contributed by atoms with van der Waals surface area (Å²) in [6, 6.07) is 11.0. The van der Waals surface area contributed by atoms with Gasteiger partial charge in [0.1, 0.15) is 0 Å². The number of carbonyl (C=O) groups excluding carboxylic acids is 3. The van der Waals surface area contributed by atoms with Crippen LogP contribution in [-0.2, 0) is 4.79 Å². The fraction of sp³-hybridized carbons (Fsp3) is 0.292. The molecule has 2 aromatic carbocycles. The number of benzene rings is 2. The maximum atomic E-state index is 12.7. The highest BCUT2D eigenvalue weighted by Gasteiger charge is 2.34.